The largest absolute Gasteiger partial charge is 0.306 e. The van der Waals surface area contributed by atoms with Crippen molar-refractivity contribution in [3.05, 3.63) is 11.9 Å². The third-order valence-corrected chi connectivity index (χ3v) is 2.95. The van der Waals surface area contributed by atoms with E-state index in [4.69, 9.17) is 0 Å². The Kier molecular flexibility index (Phi) is 4.45. The molecule has 1 aromatic heterocycles. The summed E-state index contributed by atoms with van der Waals surface area (Å²) in [5.41, 5.74) is 1.41. The highest BCUT2D eigenvalue weighted by Gasteiger charge is 2.25. The Morgan fingerprint density at radius 3 is 2.05 bits per heavy atom. The molecule has 4 nitrogen and oxygen atoms in total. The van der Waals surface area contributed by atoms with E-state index in [2.05, 4.69) is 71.0 Å². The van der Waals surface area contributed by atoms with Gasteiger partial charge in [0.25, 0.3) is 0 Å². The first-order valence-electron chi connectivity index (χ1n) is 7.06. The summed E-state index contributed by atoms with van der Waals surface area (Å²) < 4.78 is 1.92. The van der Waals surface area contributed by atoms with Gasteiger partial charge in [0.05, 0.1) is 17.4 Å². The van der Waals surface area contributed by atoms with E-state index in [0.29, 0.717) is 5.41 Å². The molecule has 0 aliphatic heterocycles. The number of nitrogens with zero attached hydrogens (tertiary/aromatic N) is 3. The van der Waals surface area contributed by atoms with Gasteiger partial charge in [-0.15, -0.1) is 5.10 Å². The minimum atomic E-state index is -0.00776. The van der Waals surface area contributed by atoms with Crippen LogP contribution in [-0.4, -0.2) is 20.5 Å². The van der Waals surface area contributed by atoms with Gasteiger partial charge in [-0.05, 0) is 46.5 Å². The molecule has 0 fully saturated rings. The zero-order valence-corrected chi connectivity index (χ0v) is 13.8. The molecule has 0 atom stereocenters. The normalized spacial score (nSPS) is 13.9. The van der Waals surface area contributed by atoms with Crippen molar-refractivity contribution < 1.29 is 0 Å². The van der Waals surface area contributed by atoms with Crippen LogP contribution in [0.25, 0.3) is 0 Å². The standard InChI is InChI=1S/C15H30N4/c1-13(2,3)11-15(7,8)16-9-12-10-19(18-17-12)14(4,5)6/h10,16H,9,11H2,1-8H3. The van der Waals surface area contributed by atoms with E-state index in [-0.39, 0.29) is 11.1 Å². The van der Waals surface area contributed by atoms with E-state index in [1.807, 2.05) is 10.9 Å². The molecule has 1 aromatic rings. The fraction of sp³-hybridized carbons (Fsp3) is 0.867. The van der Waals surface area contributed by atoms with Crippen LogP contribution in [0.4, 0.5) is 0 Å². The number of aromatic nitrogens is 3. The summed E-state index contributed by atoms with van der Waals surface area (Å²) in [5.74, 6) is 0. The second kappa shape index (κ2) is 5.23. The average Bonchev–Trinajstić information content (AvgIpc) is 2.58. The molecule has 1 rings (SSSR count). The molecule has 110 valence electrons. The quantitative estimate of drug-likeness (QED) is 0.909. The van der Waals surface area contributed by atoms with Gasteiger partial charge in [-0.1, -0.05) is 26.0 Å². The van der Waals surface area contributed by atoms with Gasteiger partial charge in [0, 0.05) is 12.1 Å². The van der Waals surface area contributed by atoms with Crippen molar-refractivity contribution >= 4 is 0 Å². The highest BCUT2D eigenvalue weighted by atomic mass is 15.4. The van der Waals surface area contributed by atoms with Gasteiger partial charge in [0.15, 0.2) is 0 Å². The number of rotatable bonds is 4. The lowest BCUT2D eigenvalue weighted by molar-refractivity contribution is 0.240. The number of hydrogen-bond donors (Lipinski definition) is 1. The van der Waals surface area contributed by atoms with Crippen LogP contribution >= 0.6 is 0 Å². The van der Waals surface area contributed by atoms with Gasteiger partial charge < -0.3 is 5.32 Å². The number of nitrogens with one attached hydrogen (secondary N) is 1. The Hall–Kier alpha value is -0.900. The molecule has 1 N–H and O–H groups in total. The maximum atomic E-state index is 4.23. The molecule has 4 heteroatoms. The van der Waals surface area contributed by atoms with Gasteiger partial charge in [-0.2, -0.15) is 0 Å². The zero-order valence-electron chi connectivity index (χ0n) is 13.8. The van der Waals surface area contributed by atoms with Crippen molar-refractivity contribution in [2.45, 2.75) is 79.4 Å². The SMILES string of the molecule is CC(C)(C)CC(C)(C)NCc1cn(C(C)(C)C)nn1. The molecule has 0 aliphatic rings. The fourth-order valence-electron chi connectivity index (χ4n) is 2.43. The molecule has 0 radical (unpaired) electrons. The summed E-state index contributed by atoms with van der Waals surface area (Å²) in [5, 5.41) is 12.0. The summed E-state index contributed by atoms with van der Waals surface area (Å²) in [6.07, 6.45) is 3.15. The van der Waals surface area contributed by atoms with Crippen LogP contribution in [0.5, 0.6) is 0 Å². The number of hydrogen-bond acceptors (Lipinski definition) is 3. The van der Waals surface area contributed by atoms with Crippen molar-refractivity contribution in [1.82, 2.24) is 20.3 Å². The molecular formula is C15H30N4. The molecule has 0 saturated carbocycles. The molecule has 0 bridgehead atoms. The molecule has 0 aliphatic carbocycles. The third-order valence-electron chi connectivity index (χ3n) is 2.95. The topological polar surface area (TPSA) is 42.7 Å². The van der Waals surface area contributed by atoms with E-state index >= 15 is 0 Å². The molecule has 0 spiro atoms. The predicted molar refractivity (Wildman–Crippen MR) is 80.0 cm³/mol. The Labute approximate surface area is 118 Å². The summed E-state index contributed by atoms with van der Waals surface area (Å²) >= 11 is 0. The van der Waals surface area contributed by atoms with Crippen molar-refractivity contribution in [1.29, 1.82) is 0 Å². The lowest BCUT2D eigenvalue weighted by Gasteiger charge is -2.33. The molecule has 19 heavy (non-hydrogen) atoms. The van der Waals surface area contributed by atoms with Gasteiger partial charge in [-0.3, -0.25) is 0 Å². The minimum absolute atomic E-state index is 0.00776. The average molecular weight is 266 g/mol. The first-order valence-corrected chi connectivity index (χ1v) is 7.06. The Morgan fingerprint density at radius 2 is 1.63 bits per heavy atom. The van der Waals surface area contributed by atoms with Crippen LogP contribution in [0.15, 0.2) is 6.20 Å². The maximum absolute atomic E-state index is 4.23. The third kappa shape index (κ3) is 5.72. The first-order chi connectivity index (χ1) is 8.39. The first kappa shape index (κ1) is 16.2. The van der Waals surface area contributed by atoms with E-state index in [0.717, 1.165) is 18.7 Å². The maximum Gasteiger partial charge on any atom is 0.0965 e. The van der Waals surface area contributed by atoms with Crippen molar-refractivity contribution in [3.63, 3.8) is 0 Å². The van der Waals surface area contributed by atoms with Crippen molar-refractivity contribution in [3.8, 4) is 0 Å². The van der Waals surface area contributed by atoms with E-state index < -0.39 is 0 Å². The van der Waals surface area contributed by atoms with Crippen LogP contribution < -0.4 is 5.32 Å². The van der Waals surface area contributed by atoms with Crippen LogP contribution in [0.2, 0.25) is 0 Å². The van der Waals surface area contributed by atoms with Crippen LogP contribution in [0, 0.1) is 5.41 Å². The smallest absolute Gasteiger partial charge is 0.0965 e. The monoisotopic (exact) mass is 266 g/mol. The Bertz CT molecular complexity index is 405. The summed E-state index contributed by atoms with van der Waals surface area (Å²) in [4.78, 5) is 0. The molecule has 0 aromatic carbocycles. The minimum Gasteiger partial charge on any atom is -0.306 e. The second-order valence-corrected chi connectivity index (χ2v) is 8.30. The lowest BCUT2D eigenvalue weighted by Crippen LogP contribution is -2.41. The lowest BCUT2D eigenvalue weighted by atomic mass is 9.82. The highest BCUT2D eigenvalue weighted by Crippen LogP contribution is 2.26. The van der Waals surface area contributed by atoms with E-state index in [1.165, 1.54) is 0 Å². The van der Waals surface area contributed by atoms with Gasteiger partial charge >= 0.3 is 0 Å². The van der Waals surface area contributed by atoms with Crippen molar-refractivity contribution in [2.24, 2.45) is 5.41 Å². The summed E-state index contributed by atoms with van der Waals surface area (Å²) in [6.45, 7) is 18.4. The van der Waals surface area contributed by atoms with Crippen LogP contribution in [-0.2, 0) is 12.1 Å². The van der Waals surface area contributed by atoms with Gasteiger partial charge in [0.1, 0.15) is 0 Å². The van der Waals surface area contributed by atoms with Gasteiger partial charge in [-0.25, -0.2) is 4.68 Å². The summed E-state index contributed by atoms with van der Waals surface area (Å²) in [6, 6.07) is 0. The Balaban J connectivity index is 2.60. The van der Waals surface area contributed by atoms with Gasteiger partial charge in [0.2, 0.25) is 0 Å². The molecule has 0 amide bonds. The molecule has 0 unspecified atom stereocenters. The molecule has 1 heterocycles. The van der Waals surface area contributed by atoms with E-state index in [1.54, 1.807) is 0 Å². The Morgan fingerprint density at radius 1 is 1.05 bits per heavy atom. The van der Waals surface area contributed by atoms with E-state index in [9.17, 15) is 0 Å². The second-order valence-electron chi connectivity index (χ2n) is 8.30. The predicted octanol–water partition coefficient (Wildman–Crippen LogP) is 3.34. The zero-order chi connectivity index (χ0) is 14.9. The van der Waals surface area contributed by atoms with Crippen molar-refractivity contribution in [2.75, 3.05) is 0 Å². The summed E-state index contributed by atoms with van der Waals surface area (Å²) in [7, 11) is 0. The highest BCUT2D eigenvalue weighted by molar-refractivity contribution is 4.96. The fourth-order valence-corrected chi connectivity index (χ4v) is 2.43. The molecule has 0 saturated heterocycles. The van der Waals surface area contributed by atoms with Crippen LogP contribution in [0.3, 0.4) is 0 Å². The van der Waals surface area contributed by atoms with Crippen LogP contribution in [0.1, 0.15) is 67.5 Å². The molecular weight excluding hydrogens is 236 g/mol.